The van der Waals surface area contributed by atoms with Gasteiger partial charge in [0, 0.05) is 22.1 Å². The normalized spacial score (nSPS) is 12.7. The molecule has 0 aliphatic carbocycles. The molecule has 11 rings (SSSR count). The molecule has 256 valence electrons. The number of nitrogens with two attached hydrogens (primary N) is 1. The second-order valence-electron chi connectivity index (χ2n) is 13.7. The molecule has 0 radical (unpaired) electrons. The van der Waals surface area contributed by atoms with E-state index in [2.05, 4.69) is 119 Å². The van der Waals surface area contributed by atoms with E-state index in [0.717, 1.165) is 101 Å². The number of aromatic nitrogens is 1. The van der Waals surface area contributed by atoms with E-state index < -0.39 is 0 Å². The van der Waals surface area contributed by atoms with Crippen LogP contribution in [0.4, 0.5) is 34.1 Å². The zero-order valence-electron chi connectivity index (χ0n) is 29.1. The van der Waals surface area contributed by atoms with Gasteiger partial charge in [0.15, 0.2) is 23.0 Å². The Balaban J connectivity index is 0.941. The van der Waals surface area contributed by atoms with Crippen LogP contribution < -0.4 is 25.1 Å². The molecule has 6 heteroatoms. The summed E-state index contributed by atoms with van der Waals surface area (Å²) in [5.74, 6) is 10.1. The summed E-state index contributed by atoms with van der Waals surface area (Å²) >= 11 is 0. The van der Waals surface area contributed by atoms with Crippen LogP contribution in [0.3, 0.4) is 0 Å². The van der Waals surface area contributed by atoms with Crippen LogP contribution in [0, 0.1) is 0 Å². The van der Waals surface area contributed by atoms with Crippen LogP contribution in [-0.4, -0.2) is 4.68 Å². The molecule has 0 unspecified atom stereocenters. The molecule has 0 saturated heterocycles. The lowest BCUT2D eigenvalue weighted by molar-refractivity contribution is 0.477. The van der Waals surface area contributed by atoms with Crippen LogP contribution in [0.25, 0.3) is 44.1 Å². The van der Waals surface area contributed by atoms with Crippen molar-refractivity contribution in [3.05, 3.63) is 182 Å². The molecule has 0 bridgehead atoms. The maximum absolute atomic E-state index is 6.70. The Hall–Kier alpha value is -7.44. The third kappa shape index (κ3) is 4.67. The number of anilines is 6. The molecular weight excluding hydrogens is 665 g/mol. The summed E-state index contributed by atoms with van der Waals surface area (Å²) in [7, 11) is 0. The molecule has 54 heavy (non-hydrogen) atoms. The molecule has 1 aromatic heterocycles. The number of nitrogen functional groups attached to an aromatic ring is 1. The van der Waals surface area contributed by atoms with E-state index in [4.69, 9.17) is 15.3 Å². The number of para-hydroxylation sites is 8. The fourth-order valence-electron chi connectivity index (χ4n) is 7.98. The summed E-state index contributed by atoms with van der Waals surface area (Å²) in [5, 5.41) is 2.23. The lowest BCUT2D eigenvalue weighted by Gasteiger charge is -2.32. The zero-order valence-corrected chi connectivity index (χ0v) is 29.1. The van der Waals surface area contributed by atoms with Gasteiger partial charge in [-0.2, -0.15) is 0 Å². The van der Waals surface area contributed by atoms with Crippen molar-refractivity contribution in [1.82, 2.24) is 4.68 Å². The second-order valence-corrected chi connectivity index (χ2v) is 13.7. The molecule has 0 atom stereocenters. The van der Waals surface area contributed by atoms with Crippen molar-refractivity contribution in [3.63, 3.8) is 0 Å². The summed E-state index contributed by atoms with van der Waals surface area (Å²) in [6.45, 7) is 0. The number of rotatable bonds is 4. The number of ether oxygens (including phenoxy) is 2. The summed E-state index contributed by atoms with van der Waals surface area (Å²) < 4.78 is 14.3. The standard InChI is InChI=1S/C48H32N4O2/c49-52-39-27-21-33(31-17-23-35(24-18-31)50-41-9-1-5-13-45(41)53-46-14-6-2-10-42(46)50)29-37(39)38-30-34(22-28-40(38)52)32-19-25-36(26-20-32)51-43-11-3-7-15-47(43)54-48-16-8-4-12-44(48)51/h1-30H,49H2. The second kappa shape index (κ2) is 11.8. The van der Waals surface area contributed by atoms with Crippen molar-refractivity contribution in [2.45, 2.75) is 0 Å². The van der Waals surface area contributed by atoms with Gasteiger partial charge >= 0.3 is 0 Å². The number of hydrogen-bond acceptors (Lipinski definition) is 5. The molecule has 2 aliphatic heterocycles. The smallest absolute Gasteiger partial charge is 0.151 e. The summed E-state index contributed by atoms with van der Waals surface area (Å²) in [6, 6.07) is 63.2. The van der Waals surface area contributed by atoms with E-state index in [-0.39, 0.29) is 0 Å². The van der Waals surface area contributed by atoms with Crippen LogP contribution in [0.1, 0.15) is 0 Å². The van der Waals surface area contributed by atoms with Gasteiger partial charge in [-0.05, 0) is 119 Å². The minimum atomic E-state index is 0.841. The maximum Gasteiger partial charge on any atom is 0.151 e. The molecule has 0 saturated carbocycles. The van der Waals surface area contributed by atoms with Crippen LogP contribution in [0.15, 0.2) is 182 Å². The van der Waals surface area contributed by atoms with Crippen molar-refractivity contribution in [2.24, 2.45) is 0 Å². The van der Waals surface area contributed by atoms with Gasteiger partial charge in [0.2, 0.25) is 0 Å². The maximum atomic E-state index is 6.70. The molecule has 2 aliphatic rings. The third-order valence-corrected chi connectivity index (χ3v) is 10.6. The first kappa shape index (κ1) is 30.2. The van der Waals surface area contributed by atoms with E-state index >= 15 is 0 Å². The van der Waals surface area contributed by atoms with Gasteiger partial charge in [0.1, 0.15) is 0 Å². The number of fused-ring (bicyclic) bond motifs is 7. The van der Waals surface area contributed by atoms with E-state index in [0.29, 0.717) is 0 Å². The lowest BCUT2D eigenvalue weighted by atomic mass is 9.99. The summed E-state index contributed by atoms with van der Waals surface area (Å²) in [4.78, 5) is 4.52. The average Bonchev–Trinajstić information content (AvgIpc) is 3.52. The highest BCUT2D eigenvalue weighted by molar-refractivity contribution is 6.10. The van der Waals surface area contributed by atoms with Crippen molar-refractivity contribution >= 4 is 55.9 Å². The van der Waals surface area contributed by atoms with E-state index in [1.165, 1.54) is 0 Å². The minimum absolute atomic E-state index is 0.841. The molecule has 0 spiro atoms. The minimum Gasteiger partial charge on any atom is -0.453 e. The van der Waals surface area contributed by atoms with Gasteiger partial charge in [-0.3, -0.25) is 4.68 Å². The van der Waals surface area contributed by atoms with Crippen LogP contribution >= 0.6 is 0 Å². The molecular formula is C48H32N4O2. The first-order chi connectivity index (χ1) is 26.7. The van der Waals surface area contributed by atoms with Gasteiger partial charge < -0.3 is 25.1 Å². The van der Waals surface area contributed by atoms with E-state index in [9.17, 15) is 0 Å². The van der Waals surface area contributed by atoms with Gasteiger partial charge in [-0.15, -0.1) is 0 Å². The highest BCUT2D eigenvalue weighted by Gasteiger charge is 2.26. The van der Waals surface area contributed by atoms with Crippen molar-refractivity contribution in [2.75, 3.05) is 15.6 Å². The Morgan fingerprint density at radius 1 is 0.333 bits per heavy atom. The molecule has 9 aromatic rings. The predicted octanol–water partition coefficient (Wildman–Crippen LogP) is 13.0. The highest BCUT2D eigenvalue weighted by Crippen LogP contribution is 2.51. The Kier molecular flexibility index (Phi) is 6.60. The average molecular weight is 697 g/mol. The van der Waals surface area contributed by atoms with Gasteiger partial charge in [0.25, 0.3) is 0 Å². The Bertz CT molecular complexity index is 2620. The number of nitrogens with zero attached hydrogens (tertiary/aromatic N) is 3. The lowest BCUT2D eigenvalue weighted by Crippen LogP contribution is -2.15. The van der Waals surface area contributed by atoms with Gasteiger partial charge in [-0.25, -0.2) is 0 Å². The van der Waals surface area contributed by atoms with Gasteiger partial charge in [0.05, 0.1) is 33.8 Å². The molecule has 0 fully saturated rings. The van der Waals surface area contributed by atoms with Crippen LogP contribution in [0.5, 0.6) is 23.0 Å². The number of benzene rings is 8. The largest absolute Gasteiger partial charge is 0.453 e. The monoisotopic (exact) mass is 696 g/mol. The summed E-state index contributed by atoms with van der Waals surface area (Å²) in [6.07, 6.45) is 0. The first-order valence-electron chi connectivity index (χ1n) is 18.0. The SMILES string of the molecule is Nn1c2ccc(-c3ccc(N4c5ccccc5Oc5ccccc54)cc3)cc2c2cc(-c3ccc(N4c5ccccc5Oc5ccccc54)cc3)ccc21. The molecule has 0 amide bonds. The molecule has 6 nitrogen and oxygen atoms in total. The molecule has 8 aromatic carbocycles. The Labute approximate surface area is 312 Å². The topological polar surface area (TPSA) is 55.9 Å². The Morgan fingerprint density at radius 2 is 0.648 bits per heavy atom. The Morgan fingerprint density at radius 3 is 1.00 bits per heavy atom. The van der Waals surface area contributed by atoms with E-state index in [1.807, 2.05) is 72.8 Å². The fraction of sp³-hybridized carbons (Fsp3) is 0. The number of hydrogen-bond donors (Lipinski definition) is 1. The van der Waals surface area contributed by atoms with Crippen molar-refractivity contribution < 1.29 is 9.47 Å². The fourth-order valence-corrected chi connectivity index (χ4v) is 7.98. The van der Waals surface area contributed by atoms with Crippen LogP contribution in [0.2, 0.25) is 0 Å². The molecule has 2 N–H and O–H groups in total. The highest BCUT2D eigenvalue weighted by atomic mass is 16.5. The first-order valence-corrected chi connectivity index (χ1v) is 18.0. The zero-order chi connectivity index (χ0) is 35.8. The van der Waals surface area contributed by atoms with E-state index in [1.54, 1.807) is 4.68 Å². The van der Waals surface area contributed by atoms with Gasteiger partial charge in [-0.1, -0.05) is 84.9 Å². The molecule has 3 heterocycles. The third-order valence-electron chi connectivity index (χ3n) is 10.6. The van der Waals surface area contributed by atoms with Crippen molar-refractivity contribution in [3.8, 4) is 45.3 Å². The van der Waals surface area contributed by atoms with Crippen LogP contribution in [-0.2, 0) is 0 Å². The summed E-state index contributed by atoms with van der Waals surface area (Å²) in [5.41, 5.74) is 12.7. The predicted molar refractivity (Wildman–Crippen MR) is 220 cm³/mol. The van der Waals surface area contributed by atoms with Crippen molar-refractivity contribution in [1.29, 1.82) is 0 Å². The quantitative estimate of drug-likeness (QED) is 0.186.